The Labute approximate surface area is 243 Å². The van der Waals surface area contributed by atoms with Crippen LogP contribution in [0.15, 0.2) is 101 Å². The average molecular weight is 580 g/mol. The zero-order valence-corrected chi connectivity index (χ0v) is 23.5. The fraction of sp³-hybridized carbons (Fsp3) is 0.294. The van der Waals surface area contributed by atoms with E-state index >= 15 is 0 Å². The van der Waals surface area contributed by atoms with Crippen molar-refractivity contribution < 1.29 is 22.7 Å². The van der Waals surface area contributed by atoms with Gasteiger partial charge < -0.3 is 9.52 Å². The number of hydrogen-bond acceptors (Lipinski definition) is 3. The van der Waals surface area contributed by atoms with Crippen molar-refractivity contribution in [3.63, 3.8) is 0 Å². The summed E-state index contributed by atoms with van der Waals surface area (Å²) in [5.74, 6) is 0.889. The number of benzene rings is 3. The monoisotopic (exact) mass is 579 g/mol. The van der Waals surface area contributed by atoms with E-state index in [-0.39, 0.29) is 24.1 Å². The molecule has 0 fully saturated rings. The Hall–Kier alpha value is -3.32. The van der Waals surface area contributed by atoms with Gasteiger partial charge in [-0.05, 0) is 54.2 Å². The van der Waals surface area contributed by atoms with Crippen molar-refractivity contribution in [2.45, 2.75) is 44.3 Å². The smallest absolute Gasteiger partial charge is 0.417 e. The van der Waals surface area contributed by atoms with Gasteiger partial charge in [-0.2, -0.15) is 13.2 Å². The summed E-state index contributed by atoms with van der Waals surface area (Å²) in [6.45, 7) is 1.54. The fourth-order valence-corrected chi connectivity index (χ4v) is 5.79. The fourth-order valence-electron chi connectivity index (χ4n) is 5.50. The molecule has 1 aromatic heterocycles. The quantitative estimate of drug-likeness (QED) is 0.193. The predicted octanol–water partition coefficient (Wildman–Crippen LogP) is 8.74. The van der Waals surface area contributed by atoms with E-state index < -0.39 is 11.7 Å². The van der Waals surface area contributed by atoms with Crippen LogP contribution in [0.5, 0.6) is 0 Å². The van der Waals surface area contributed by atoms with Gasteiger partial charge in [0.1, 0.15) is 11.3 Å². The normalized spacial score (nSPS) is 14.5. The third-order valence-electron chi connectivity index (χ3n) is 7.62. The SMILES string of the molecule is OCCc1ccc2cc(CCN(Cc3cccc(C(F)(F)F)c3Cl)CC(C3=CC=CCC3)c3ccccc3)oc2c1. The maximum atomic E-state index is 13.6. The minimum Gasteiger partial charge on any atom is -0.461 e. The highest BCUT2D eigenvalue weighted by molar-refractivity contribution is 6.32. The molecule has 0 radical (unpaired) electrons. The molecule has 1 N–H and O–H groups in total. The Bertz CT molecular complexity index is 1520. The van der Waals surface area contributed by atoms with E-state index in [2.05, 4.69) is 35.3 Å². The lowest BCUT2D eigenvalue weighted by Crippen LogP contribution is -2.31. The second-order valence-corrected chi connectivity index (χ2v) is 10.9. The minimum absolute atomic E-state index is 0.0704. The van der Waals surface area contributed by atoms with Gasteiger partial charge >= 0.3 is 6.18 Å². The van der Waals surface area contributed by atoms with Crippen molar-refractivity contribution in [2.24, 2.45) is 0 Å². The van der Waals surface area contributed by atoms with Gasteiger partial charge in [0.05, 0.1) is 10.6 Å². The topological polar surface area (TPSA) is 36.6 Å². The first kappa shape index (κ1) is 29.2. The van der Waals surface area contributed by atoms with Crippen LogP contribution in [0.4, 0.5) is 13.2 Å². The van der Waals surface area contributed by atoms with Crippen molar-refractivity contribution >= 4 is 22.6 Å². The molecular formula is C34H33ClF3NO2. The van der Waals surface area contributed by atoms with E-state index in [9.17, 15) is 18.3 Å². The van der Waals surface area contributed by atoms with E-state index in [1.807, 2.05) is 42.5 Å². The lowest BCUT2D eigenvalue weighted by Gasteiger charge is -2.30. The summed E-state index contributed by atoms with van der Waals surface area (Å²) in [5, 5.41) is 10.0. The predicted molar refractivity (Wildman–Crippen MR) is 158 cm³/mol. The molecule has 0 bridgehead atoms. The van der Waals surface area contributed by atoms with Gasteiger partial charge in [-0.3, -0.25) is 4.90 Å². The van der Waals surface area contributed by atoms with Gasteiger partial charge in [-0.1, -0.05) is 90.0 Å². The molecule has 3 aromatic carbocycles. The van der Waals surface area contributed by atoms with Crippen LogP contribution < -0.4 is 0 Å². The van der Waals surface area contributed by atoms with Crippen molar-refractivity contribution in [3.8, 4) is 0 Å². The maximum absolute atomic E-state index is 13.6. The molecule has 5 rings (SSSR count). The number of fused-ring (bicyclic) bond motifs is 1. The number of aliphatic hydroxyl groups is 1. The van der Waals surface area contributed by atoms with E-state index in [0.717, 1.165) is 41.2 Å². The van der Waals surface area contributed by atoms with Gasteiger partial charge in [-0.25, -0.2) is 0 Å². The number of nitrogens with zero attached hydrogens (tertiary/aromatic N) is 1. The lowest BCUT2D eigenvalue weighted by molar-refractivity contribution is -0.137. The Morgan fingerprint density at radius 2 is 1.80 bits per heavy atom. The summed E-state index contributed by atoms with van der Waals surface area (Å²) in [6, 6.07) is 22.3. The summed E-state index contributed by atoms with van der Waals surface area (Å²) >= 11 is 6.35. The highest BCUT2D eigenvalue weighted by Crippen LogP contribution is 2.37. The average Bonchev–Trinajstić information content (AvgIpc) is 3.38. The third kappa shape index (κ3) is 7.31. The molecule has 0 saturated carbocycles. The second-order valence-electron chi connectivity index (χ2n) is 10.5. The molecule has 7 heteroatoms. The molecule has 1 unspecified atom stereocenters. The molecule has 1 heterocycles. The van der Waals surface area contributed by atoms with Crippen molar-refractivity contribution in [1.82, 2.24) is 4.90 Å². The second kappa shape index (κ2) is 13.1. The maximum Gasteiger partial charge on any atom is 0.417 e. The molecular weight excluding hydrogens is 547 g/mol. The molecule has 1 aliphatic rings. The molecule has 1 aliphatic carbocycles. The summed E-state index contributed by atoms with van der Waals surface area (Å²) in [7, 11) is 0. The summed E-state index contributed by atoms with van der Waals surface area (Å²) in [6.07, 6.45) is 4.93. The van der Waals surface area contributed by atoms with E-state index in [1.54, 1.807) is 6.07 Å². The molecule has 4 aromatic rings. The van der Waals surface area contributed by atoms with E-state index in [1.165, 1.54) is 17.2 Å². The van der Waals surface area contributed by atoms with Crippen LogP contribution in [0, 0.1) is 0 Å². The lowest BCUT2D eigenvalue weighted by atomic mass is 9.86. The van der Waals surface area contributed by atoms with Crippen LogP contribution in [0.2, 0.25) is 5.02 Å². The molecule has 0 saturated heterocycles. The zero-order chi connectivity index (χ0) is 28.8. The number of hydrogen-bond donors (Lipinski definition) is 1. The molecule has 41 heavy (non-hydrogen) atoms. The number of rotatable bonds is 11. The highest BCUT2D eigenvalue weighted by Gasteiger charge is 2.34. The first-order chi connectivity index (χ1) is 19.8. The summed E-state index contributed by atoms with van der Waals surface area (Å²) in [4.78, 5) is 2.18. The number of furan rings is 1. The Kier molecular flexibility index (Phi) is 9.33. The first-order valence-corrected chi connectivity index (χ1v) is 14.3. The molecule has 3 nitrogen and oxygen atoms in total. The van der Waals surface area contributed by atoms with Crippen LogP contribution in [-0.2, 0) is 25.6 Å². The number of allylic oxidation sites excluding steroid dienone is 3. The molecule has 0 amide bonds. The molecule has 0 spiro atoms. The van der Waals surface area contributed by atoms with Gasteiger partial charge in [0.2, 0.25) is 0 Å². The molecule has 0 aliphatic heterocycles. The van der Waals surface area contributed by atoms with Gasteiger partial charge in [0.15, 0.2) is 0 Å². The molecule has 214 valence electrons. The summed E-state index contributed by atoms with van der Waals surface area (Å²) in [5.41, 5.74) is 3.88. The van der Waals surface area contributed by atoms with Crippen LogP contribution >= 0.6 is 11.6 Å². The van der Waals surface area contributed by atoms with Crippen LogP contribution in [0.1, 0.15) is 46.8 Å². The van der Waals surface area contributed by atoms with E-state index in [0.29, 0.717) is 31.5 Å². The van der Waals surface area contributed by atoms with Crippen molar-refractivity contribution in [3.05, 3.63) is 130 Å². The van der Waals surface area contributed by atoms with Crippen LogP contribution in [-0.4, -0.2) is 29.7 Å². The Morgan fingerprint density at radius 1 is 0.976 bits per heavy atom. The summed E-state index contributed by atoms with van der Waals surface area (Å²) < 4.78 is 47.1. The molecule has 1 atom stereocenters. The van der Waals surface area contributed by atoms with Crippen molar-refractivity contribution in [2.75, 3.05) is 19.7 Å². The van der Waals surface area contributed by atoms with Crippen LogP contribution in [0.3, 0.4) is 0 Å². The van der Waals surface area contributed by atoms with E-state index in [4.69, 9.17) is 16.0 Å². The number of halogens is 4. The number of aliphatic hydroxyl groups excluding tert-OH is 1. The Balaban J connectivity index is 1.44. The van der Waals surface area contributed by atoms with Gasteiger partial charge in [0.25, 0.3) is 0 Å². The van der Waals surface area contributed by atoms with Gasteiger partial charge in [0, 0.05) is 44.0 Å². The Morgan fingerprint density at radius 3 is 2.54 bits per heavy atom. The standard InChI is InChI=1S/C34H33ClF3NO2/c35-33-28(12-7-13-31(33)34(36,37)38)22-39(18-16-29-21-27-15-14-24(17-19-40)20-32(27)41-29)23-30(25-8-3-1-4-9-25)26-10-5-2-6-11-26/h1-5,7-10,12-15,20-21,30,40H,6,11,16-19,22-23H2. The van der Waals surface area contributed by atoms with Crippen LogP contribution in [0.25, 0.3) is 11.0 Å². The largest absolute Gasteiger partial charge is 0.461 e. The highest BCUT2D eigenvalue weighted by atomic mass is 35.5. The first-order valence-electron chi connectivity index (χ1n) is 13.9. The number of alkyl halides is 3. The third-order valence-corrected chi connectivity index (χ3v) is 8.07. The van der Waals surface area contributed by atoms with Gasteiger partial charge in [-0.15, -0.1) is 0 Å². The van der Waals surface area contributed by atoms with Crippen molar-refractivity contribution in [1.29, 1.82) is 0 Å². The zero-order valence-electron chi connectivity index (χ0n) is 22.7. The minimum atomic E-state index is -4.52.